The van der Waals surface area contributed by atoms with Gasteiger partial charge in [-0.05, 0) is 112 Å². The summed E-state index contributed by atoms with van der Waals surface area (Å²) in [7, 11) is 0. The Morgan fingerprint density at radius 3 is 0.957 bits per heavy atom. The lowest BCUT2D eigenvalue weighted by molar-refractivity contribution is -0.142. The van der Waals surface area contributed by atoms with E-state index in [2.05, 4.69) is 41.7 Å². The molecule has 0 saturated carbocycles. The molecule has 6 aromatic rings. The molecule has 2 heterocycles. The third-order valence-electron chi connectivity index (χ3n) is 11.4. The average molecular weight is 1070 g/mol. The molecule has 14 heteroatoms. The van der Waals surface area contributed by atoms with Crippen LogP contribution in [0.15, 0.2) is 201 Å². The number of halogens is 2. The lowest BCUT2D eigenvalue weighted by atomic mass is 9.99. The number of nitrogens with zero attached hydrogens (tertiary/aromatic N) is 4. The Hall–Kier alpha value is -7.16. The molecule has 0 N–H and O–H groups in total. The van der Waals surface area contributed by atoms with Crippen LogP contribution < -0.4 is 19.6 Å². The van der Waals surface area contributed by atoms with E-state index in [0.29, 0.717) is 0 Å². The topological polar surface area (TPSA) is 118 Å². The van der Waals surface area contributed by atoms with Crippen LogP contribution in [0.25, 0.3) is 0 Å². The van der Waals surface area contributed by atoms with Crippen molar-refractivity contribution in [2.75, 3.05) is 59.1 Å². The monoisotopic (exact) mass is 1070 g/mol. The van der Waals surface area contributed by atoms with Gasteiger partial charge in [-0.3, -0.25) is 0 Å². The third-order valence-corrected chi connectivity index (χ3v) is 12.4. The van der Waals surface area contributed by atoms with Gasteiger partial charge in [0.25, 0.3) is 0 Å². The molecular formula is C56H54Br2N4O8. The maximum absolute atomic E-state index is 13.4. The maximum atomic E-state index is 13.4. The van der Waals surface area contributed by atoms with Crippen molar-refractivity contribution in [3.05, 3.63) is 212 Å². The van der Waals surface area contributed by atoms with Gasteiger partial charge in [0.05, 0.1) is 50.7 Å². The Bertz CT molecular complexity index is 2590. The van der Waals surface area contributed by atoms with E-state index < -0.39 is 36.2 Å². The minimum Gasteiger partial charge on any atom is -0.463 e. The molecular weight excluding hydrogens is 1020 g/mol. The number of para-hydroxylation sites is 4. The van der Waals surface area contributed by atoms with Crippen LogP contribution in [0.3, 0.4) is 0 Å². The first-order valence-electron chi connectivity index (χ1n) is 23.1. The summed E-state index contributed by atoms with van der Waals surface area (Å²) in [5.41, 5.74) is 6.12. The van der Waals surface area contributed by atoms with Crippen LogP contribution in [0.5, 0.6) is 0 Å². The van der Waals surface area contributed by atoms with Gasteiger partial charge in [0, 0.05) is 31.7 Å². The van der Waals surface area contributed by atoms with Crippen molar-refractivity contribution in [1.29, 1.82) is 0 Å². The Morgan fingerprint density at radius 1 is 0.400 bits per heavy atom. The number of anilines is 4. The van der Waals surface area contributed by atoms with E-state index in [9.17, 15) is 19.2 Å². The molecule has 0 bridgehead atoms. The molecule has 12 nitrogen and oxygen atoms in total. The van der Waals surface area contributed by atoms with E-state index in [1.807, 2.05) is 180 Å². The SMILES string of the molecule is CCOC(=O)C1=C(C(=O)OCC)N(c2ccccc2)[C@H](c2ccc(Br)cc2)N(c2ccccc2)C1.CCOC(=O)C1=C(C(=O)OCC)N(c2ccccc2)[C@H](c2ccc(Br)cc2)N(c2ccccc2)C1. The van der Waals surface area contributed by atoms with Crippen molar-refractivity contribution >= 4 is 78.5 Å². The Balaban J connectivity index is 0.000000206. The fraction of sp³-hybridized carbons (Fsp3) is 0.214. The van der Waals surface area contributed by atoms with Crippen LogP contribution in [0.1, 0.15) is 51.2 Å². The van der Waals surface area contributed by atoms with Gasteiger partial charge in [0.1, 0.15) is 23.7 Å². The summed E-state index contributed by atoms with van der Waals surface area (Å²) in [5, 5.41) is 0. The molecule has 0 saturated heterocycles. The van der Waals surface area contributed by atoms with Crippen LogP contribution in [0, 0.1) is 0 Å². The van der Waals surface area contributed by atoms with Crippen molar-refractivity contribution in [1.82, 2.24) is 0 Å². The molecule has 0 aliphatic carbocycles. The summed E-state index contributed by atoms with van der Waals surface area (Å²) in [6.07, 6.45) is -0.851. The Labute approximate surface area is 426 Å². The highest BCUT2D eigenvalue weighted by molar-refractivity contribution is 9.10. The standard InChI is InChI=1S/2C28H27BrN2O4/c2*1-3-34-27(32)24-19-30(22-11-7-5-8-12-22)26(20-15-17-21(29)18-16-20)31(23-13-9-6-10-14-23)25(24)28(33)35-4-2/h2*5-18,26H,3-4,19H2,1-2H3/t2*26-/m11/s1. The molecule has 8 rings (SSSR count). The molecule has 0 fully saturated rings. The largest absolute Gasteiger partial charge is 0.463 e. The molecule has 360 valence electrons. The van der Waals surface area contributed by atoms with Gasteiger partial charge in [0.15, 0.2) is 0 Å². The molecule has 2 aliphatic heterocycles. The van der Waals surface area contributed by atoms with Gasteiger partial charge in [0.2, 0.25) is 0 Å². The van der Waals surface area contributed by atoms with Gasteiger partial charge in [-0.1, -0.05) is 129 Å². The number of esters is 4. The lowest BCUT2D eigenvalue weighted by Crippen LogP contribution is -2.50. The van der Waals surface area contributed by atoms with Gasteiger partial charge in [-0.25, -0.2) is 19.2 Å². The van der Waals surface area contributed by atoms with E-state index >= 15 is 0 Å². The van der Waals surface area contributed by atoms with Crippen molar-refractivity contribution in [2.45, 2.75) is 40.0 Å². The van der Waals surface area contributed by atoms with Crippen molar-refractivity contribution < 1.29 is 38.1 Å². The number of ether oxygens (including phenoxy) is 4. The first-order chi connectivity index (χ1) is 34.1. The summed E-state index contributed by atoms with van der Waals surface area (Å²) in [4.78, 5) is 61.2. The summed E-state index contributed by atoms with van der Waals surface area (Å²) < 4.78 is 23.6. The number of carbonyl (C=O) groups excluding carboxylic acids is 4. The predicted molar refractivity (Wildman–Crippen MR) is 280 cm³/mol. The van der Waals surface area contributed by atoms with Gasteiger partial charge < -0.3 is 38.5 Å². The minimum absolute atomic E-state index is 0.182. The van der Waals surface area contributed by atoms with Crippen LogP contribution >= 0.6 is 31.9 Å². The van der Waals surface area contributed by atoms with Gasteiger partial charge >= 0.3 is 23.9 Å². The van der Waals surface area contributed by atoms with E-state index in [-0.39, 0.29) is 62.1 Å². The number of hydrogen-bond acceptors (Lipinski definition) is 12. The average Bonchev–Trinajstić information content (AvgIpc) is 3.39. The fourth-order valence-corrected chi connectivity index (χ4v) is 8.96. The first-order valence-corrected chi connectivity index (χ1v) is 24.7. The maximum Gasteiger partial charge on any atom is 0.355 e. The molecule has 2 aliphatic rings. The summed E-state index contributed by atoms with van der Waals surface area (Å²) >= 11 is 7.04. The second-order valence-electron chi connectivity index (χ2n) is 15.7. The second kappa shape index (κ2) is 24.4. The van der Waals surface area contributed by atoms with Crippen LogP contribution in [0.2, 0.25) is 0 Å². The van der Waals surface area contributed by atoms with E-state index in [4.69, 9.17) is 18.9 Å². The number of hydrogen-bond donors (Lipinski definition) is 0. The smallest absolute Gasteiger partial charge is 0.355 e. The highest BCUT2D eigenvalue weighted by Crippen LogP contribution is 2.44. The molecule has 0 amide bonds. The number of rotatable bonds is 14. The molecule has 0 spiro atoms. The van der Waals surface area contributed by atoms with Gasteiger partial charge in [-0.15, -0.1) is 0 Å². The second-order valence-corrected chi connectivity index (χ2v) is 17.6. The zero-order valence-electron chi connectivity index (χ0n) is 39.4. The molecule has 0 radical (unpaired) electrons. The van der Waals surface area contributed by atoms with E-state index in [1.54, 1.807) is 27.7 Å². The van der Waals surface area contributed by atoms with Crippen molar-refractivity contribution in [2.24, 2.45) is 0 Å². The normalized spacial score (nSPS) is 15.7. The molecule has 0 unspecified atom stereocenters. The molecule has 6 aromatic carbocycles. The first kappa shape index (κ1) is 50.7. The highest BCUT2D eigenvalue weighted by atomic mass is 79.9. The third kappa shape index (κ3) is 11.6. The van der Waals surface area contributed by atoms with Gasteiger partial charge in [-0.2, -0.15) is 0 Å². The van der Waals surface area contributed by atoms with E-state index in [0.717, 1.165) is 42.8 Å². The van der Waals surface area contributed by atoms with Crippen molar-refractivity contribution in [3.8, 4) is 0 Å². The molecule has 0 aromatic heterocycles. The quantitative estimate of drug-likeness (QED) is 0.0763. The number of carbonyl (C=O) groups is 4. The highest BCUT2D eigenvalue weighted by Gasteiger charge is 2.44. The Morgan fingerprint density at radius 2 is 0.671 bits per heavy atom. The molecule has 2 atom stereocenters. The fourth-order valence-electron chi connectivity index (χ4n) is 8.43. The van der Waals surface area contributed by atoms with Crippen LogP contribution in [-0.4, -0.2) is 63.4 Å². The van der Waals surface area contributed by atoms with Crippen molar-refractivity contribution in [3.63, 3.8) is 0 Å². The number of benzene rings is 6. The summed E-state index contributed by atoms with van der Waals surface area (Å²) in [5.74, 6) is -2.19. The van der Waals surface area contributed by atoms with Crippen LogP contribution in [-0.2, 0) is 38.1 Å². The Kier molecular flexibility index (Phi) is 17.7. The predicted octanol–water partition coefficient (Wildman–Crippen LogP) is 11.7. The zero-order valence-corrected chi connectivity index (χ0v) is 42.5. The lowest BCUT2D eigenvalue weighted by Gasteiger charge is -2.47. The minimum atomic E-state index is -0.561. The summed E-state index contributed by atoms with van der Waals surface area (Å²) in [6, 6.07) is 54.7. The zero-order chi connectivity index (χ0) is 49.6. The summed E-state index contributed by atoms with van der Waals surface area (Å²) in [6.45, 7) is 8.14. The molecule has 70 heavy (non-hydrogen) atoms. The van der Waals surface area contributed by atoms with E-state index in [1.165, 1.54) is 0 Å². The van der Waals surface area contributed by atoms with Crippen LogP contribution in [0.4, 0.5) is 22.7 Å².